The molecule has 1 aliphatic carbocycles. The number of piperidine rings is 2. The molecule has 3 spiro atoms. The van der Waals surface area contributed by atoms with Crippen molar-refractivity contribution in [3.8, 4) is 0 Å². The number of aliphatic hydroxyl groups excluding tert-OH is 2. The van der Waals surface area contributed by atoms with Crippen molar-refractivity contribution in [1.82, 2.24) is 4.90 Å². The first-order valence-corrected chi connectivity index (χ1v) is 16.3. The zero-order chi connectivity index (χ0) is 26.9. The van der Waals surface area contributed by atoms with Crippen molar-refractivity contribution in [3.63, 3.8) is 0 Å². The van der Waals surface area contributed by atoms with Gasteiger partial charge in [0.1, 0.15) is 17.7 Å². The molecule has 7 rings (SSSR count). The molecule has 9 atom stereocenters. The lowest BCUT2D eigenvalue weighted by atomic mass is 9.52. The van der Waals surface area contributed by atoms with Gasteiger partial charge in [-0.05, 0) is 83.7 Å². The first-order chi connectivity index (χ1) is 19.1. The molecule has 0 aromatic rings. The smallest absolute Gasteiger partial charge is 0.147 e. The van der Waals surface area contributed by atoms with Crippen molar-refractivity contribution >= 4 is 0 Å². The van der Waals surface area contributed by atoms with Crippen LogP contribution in [-0.2, 0) is 0 Å². The number of hydrogen-bond donors (Lipinski definition) is 2. The molecule has 6 bridgehead atoms. The van der Waals surface area contributed by atoms with E-state index in [9.17, 15) is 10.2 Å². The Morgan fingerprint density at radius 3 is 2.46 bits per heavy atom. The van der Waals surface area contributed by atoms with Crippen LogP contribution in [0.25, 0.3) is 0 Å². The second kappa shape index (κ2) is 11.6. The molecule has 216 valence electrons. The van der Waals surface area contributed by atoms with Crippen LogP contribution in [0.15, 0.2) is 48.6 Å². The van der Waals surface area contributed by atoms with Gasteiger partial charge in [0.05, 0.1) is 19.1 Å². The van der Waals surface area contributed by atoms with Crippen LogP contribution >= 0.6 is 0 Å². The number of nitrogens with zero attached hydrogens (tertiary/aromatic N) is 2. The van der Waals surface area contributed by atoms with E-state index in [4.69, 9.17) is 0 Å². The Balaban J connectivity index is 1.45. The highest BCUT2D eigenvalue weighted by Crippen LogP contribution is 2.73. The van der Waals surface area contributed by atoms with E-state index in [1.807, 2.05) is 12.2 Å². The molecule has 5 nitrogen and oxygen atoms in total. The summed E-state index contributed by atoms with van der Waals surface area (Å²) in [6.45, 7) is 3.80. The summed E-state index contributed by atoms with van der Waals surface area (Å²) in [5.41, 5.74) is -0.866. The minimum atomic E-state index is -0.949. The predicted octanol–water partition coefficient (Wildman–Crippen LogP) is 4.61. The van der Waals surface area contributed by atoms with Gasteiger partial charge in [-0.1, -0.05) is 67.9 Å². The zero-order valence-corrected chi connectivity index (χ0v) is 24.0. The Bertz CT molecular complexity index is 975. The summed E-state index contributed by atoms with van der Waals surface area (Å²) in [6.07, 6.45) is 29.8. The van der Waals surface area contributed by atoms with Crippen molar-refractivity contribution in [2.45, 2.75) is 120 Å². The number of rotatable bonds is 0. The SMILES string of the molecule is [O-]C1C23CCCCCC/C=C\CCCCN4CCC5C(C2)C[N+]12CCC/C=C\C/C=C\C=C\[C@H](O)[C@@H](O)C52[C@H]43. The van der Waals surface area contributed by atoms with E-state index in [-0.39, 0.29) is 11.5 Å². The highest BCUT2D eigenvalue weighted by atomic mass is 16.3. The van der Waals surface area contributed by atoms with Crippen molar-refractivity contribution < 1.29 is 19.8 Å². The van der Waals surface area contributed by atoms with Crippen LogP contribution in [0.5, 0.6) is 0 Å². The summed E-state index contributed by atoms with van der Waals surface area (Å²) in [4.78, 5) is 2.68. The lowest BCUT2D eigenvalue weighted by Crippen LogP contribution is -2.77. The third-order valence-electron chi connectivity index (χ3n) is 11.9. The van der Waals surface area contributed by atoms with Gasteiger partial charge in [-0.3, -0.25) is 4.90 Å². The summed E-state index contributed by atoms with van der Waals surface area (Å²) < 4.78 is 0.516. The van der Waals surface area contributed by atoms with Gasteiger partial charge < -0.3 is 19.8 Å². The molecule has 39 heavy (non-hydrogen) atoms. The highest BCUT2D eigenvalue weighted by Gasteiger charge is 2.86. The third kappa shape index (κ3) is 4.37. The van der Waals surface area contributed by atoms with E-state index >= 15 is 5.11 Å². The molecule has 6 heterocycles. The third-order valence-corrected chi connectivity index (χ3v) is 11.9. The predicted molar refractivity (Wildman–Crippen MR) is 154 cm³/mol. The van der Waals surface area contributed by atoms with Crippen LogP contribution in [0.3, 0.4) is 0 Å². The summed E-state index contributed by atoms with van der Waals surface area (Å²) in [6, 6.07) is 0.0720. The zero-order valence-electron chi connectivity index (χ0n) is 24.0. The van der Waals surface area contributed by atoms with Gasteiger partial charge in [-0.2, -0.15) is 0 Å². The molecule has 1 saturated carbocycles. The van der Waals surface area contributed by atoms with Crippen molar-refractivity contribution in [2.24, 2.45) is 17.3 Å². The molecule has 0 amide bonds. The van der Waals surface area contributed by atoms with E-state index in [1.165, 1.54) is 32.1 Å². The minimum Gasteiger partial charge on any atom is -0.806 e. The van der Waals surface area contributed by atoms with Gasteiger partial charge in [-0.25, -0.2) is 0 Å². The molecule has 7 aliphatic rings. The number of allylic oxidation sites excluding steroid dienone is 7. The first-order valence-electron chi connectivity index (χ1n) is 16.3. The van der Waals surface area contributed by atoms with Crippen LogP contribution in [0.4, 0.5) is 0 Å². The van der Waals surface area contributed by atoms with Crippen LogP contribution in [0.1, 0.15) is 89.9 Å². The van der Waals surface area contributed by atoms with Crippen LogP contribution in [0.2, 0.25) is 0 Å². The van der Waals surface area contributed by atoms with E-state index in [2.05, 4.69) is 35.3 Å². The van der Waals surface area contributed by atoms with Crippen LogP contribution in [-0.4, -0.2) is 75.8 Å². The largest absolute Gasteiger partial charge is 0.806 e. The van der Waals surface area contributed by atoms with E-state index in [0.29, 0.717) is 16.3 Å². The van der Waals surface area contributed by atoms with Gasteiger partial charge >= 0.3 is 0 Å². The molecule has 0 radical (unpaired) electrons. The highest BCUT2D eigenvalue weighted by molar-refractivity contribution is 5.28. The summed E-state index contributed by atoms with van der Waals surface area (Å²) in [5.74, 6) is 0.824. The van der Waals surface area contributed by atoms with Gasteiger partial charge in [0.25, 0.3) is 0 Å². The second-order valence-electron chi connectivity index (χ2n) is 13.7. The normalized spacial score (nSPS) is 50.6. The van der Waals surface area contributed by atoms with Gasteiger partial charge in [-0.15, -0.1) is 0 Å². The molecule has 2 N–H and O–H groups in total. The first kappa shape index (κ1) is 27.9. The molecule has 5 fully saturated rings. The average Bonchev–Trinajstić information content (AvgIpc) is 3.22. The fraction of sp³-hybridized carbons (Fsp3) is 0.765. The fourth-order valence-electron chi connectivity index (χ4n) is 10.7. The van der Waals surface area contributed by atoms with Crippen LogP contribution < -0.4 is 5.11 Å². The monoisotopic (exact) mass is 536 g/mol. The molecular formula is C34H52N2O3. The van der Waals surface area contributed by atoms with Crippen molar-refractivity contribution in [3.05, 3.63) is 48.6 Å². The lowest BCUT2D eigenvalue weighted by molar-refractivity contribution is -1.04. The van der Waals surface area contributed by atoms with E-state index in [0.717, 1.165) is 84.0 Å². The maximum atomic E-state index is 15.2. The number of aliphatic hydroxyl groups is 2. The van der Waals surface area contributed by atoms with Gasteiger partial charge in [0.15, 0.2) is 0 Å². The number of hydrogen-bond acceptors (Lipinski definition) is 4. The van der Waals surface area contributed by atoms with E-state index in [1.54, 1.807) is 6.08 Å². The maximum absolute atomic E-state index is 15.2. The Hall–Kier alpha value is -1.24. The van der Waals surface area contributed by atoms with Crippen molar-refractivity contribution in [1.29, 1.82) is 0 Å². The molecule has 0 aromatic heterocycles. The summed E-state index contributed by atoms with van der Waals surface area (Å²) in [7, 11) is 0. The lowest BCUT2D eigenvalue weighted by Gasteiger charge is -2.59. The molecule has 0 aromatic carbocycles. The quantitative estimate of drug-likeness (QED) is 0.351. The van der Waals surface area contributed by atoms with Gasteiger partial charge in [0.2, 0.25) is 0 Å². The Morgan fingerprint density at radius 2 is 1.59 bits per heavy atom. The Labute approximate surface area is 236 Å². The van der Waals surface area contributed by atoms with Gasteiger partial charge in [0, 0.05) is 23.5 Å². The Morgan fingerprint density at radius 1 is 0.821 bits per heavy atom. The molecular weight excluding hydrogens is 484 g/mol. The molecule has 4 saturated heterocycles. The second-order valence-corrected chi connectivity index (χ2v) is 13.7. The minimum absolute atomic E-state index is 0.0720. The van der Waals surface area contributed by atoms with E-state index < -0.39 is 24.0 Å². The molecule has 6 aliphatic heterocycles. The Kier molecular flexibility index (Phi) is 8.27. The fourth-order valence-corrected chi connectivity index (χ4v) is 10.7. The molecule has 6 unspecified atom stereocenters. The summed E-state index contributed by atoms with van der Waals surface area (Å²) >= 11 is 0. The topological polar surface area (TPSA) is 66.8 Å². The summed E-state index contributed by atoms with van der Waals surface area (Å²) in [5, 5.41) is 39.2. The van der Waals surface area contributed by atoms with Crippen molar-refractivity contribution in [2.75, 3.05) is 26.2 Å². The standard InChI is InChI=1S/C34H52N2O3/c37-29-19-15-11-7-3-6-10-14-18-24-36-26-27-25-33(32(36)39)21-16-12-8-4-1-2-5-9-13-17-22-35-23-20-28(27)34(36,30(29)38)31(33)35/h2,5-7,10-11,15,19,27-32,37-38H,1,3-4,8-9,12-14,16-18,20-26H2/b5-2-,10-6-,11-7-,19-15+/t27?,28?,29-,30+,31+,32?,33?,34?,36?/m0/s1. The average molecular weight is 537 g/mol. The van der Waals surface area contributed by atoms with Crippen LogP contribution in [0, 0.1) is 17.3 Å². The maximum Gasteiger partial charge on any atom is 0.147 e. The molecule has 5 heteroatoms. The number of quaternary nitrogens is 1.